The SMILES string of the molecule is C#CCn1c(=NC(=O)c2ccc(S(=O)(=O)N3CCCCC3)cc2)sc2cccc(OC)c21. The molecule has 0 atom stereocenters. The Hall–Kier alpha value is -2.93. The van der Waals surface area contributed by atoms with Crippen LogP contribution in [0.3, 0.4) is 0 Å². The van der Waals surface area contributed by atoms with Gasteiger partial charge in [0.2, 0.25) is 10.0 Å². The lowest BCUT2D eigenvalue weighted by Gasteiger charge is -2.25. The van der Waals surface area contributed by atoms with Crippen molar-refractivity contribution in [3.8, 4) is 18.1 Å². The summed E-state index contributed by atoms with van der Waals surface area (Å²) in [5.41, 5.74) is 1.09. The Bertz CT molecular complexity index is 1360. The molecule has 0 spiro atoms. The minimum atomic E-state index is -3.55. The van der Waals surface area contributed by atoms with Gasteiger partial charge in [-0.05, 0) is 49.2 Å². The lowest BCUT2D eigenvalue weighted by molar-refractivity contribution is 0.0997. The van der Waals surface area contributed by atoms with Crippen LogP contribution in [-0.2, 0) is 16.6 Å². The summed E-state index contributed by atoms with van der Waals surface area (Å²) < 4.78 is 35.3. The Morgan fingerprint density at radius 3 is 2.53 bits per heavy atom. The molecule has 7 nitrogen and oxygen atoms in total. The maximum Gasteiger partial charge on any atom is 0.279 e. The Morgan fingerprint density at radius 1 is 1.16 bits per heavy atom. The van der Waals surface area contributed by atoms with Crippen LogP contribution < -0.4 is 9.54 Å². The second-order valence-electron chi connectivity index (χ2n) is 7.39. The summed E-state index contributed by atoms with van der Waals surface area (Å²) >= 11 is 1.34. The summed E-state index contributed by atoms with van der Waals surface area (Å²) in [5.74, 6) is 2.77. The van der Waals surface area contributed by atoms with E-state index in [-0.39, 0.29) is 11.4 Å². The lowest BCUT2D eigenvalue weighted by Crippen LogP contribution is -2.35. The number of carbonyl (C=O) groups excluding carboxylic acids is 1. The largest absolute Gasteiger partial charge is 0.495 e. The van der Waals surface area contributed by atoms with Crippen molar-refractivity contribution in [1.82, 2.24) is 8.87 Å². The van der Waals surface area contributed by atoms with Crippen LogP contribution in [0.1, 0.15) is 29.6 Å². The second kappa shape index (κ2) is 9.28. The van der Waals surface area contributed by atoms with E-state index < -0.39 is 15.9 Å². The topological polar surface area (TPSA) is 81.0 Å². The number of para-hydroxylation sites is 1. The fourth-order valence-corrected chi connectivity index (χ4v) is 6.32. The summed E-state index contributed by atoms with van der Waals surface area (Å²) in [5, 5.41) is 0. The van der Waals surface area contributed by atoms with E-state index in [1.807, 2.05) is 18.2 Å². The van der Waals surface area contributed by atoms with Gasteiger partial charge in [-0.25, -0.2) is 8.42 Å². The van der Waals surface area contributed by atoms with Gasteiger partial charge >= 0.3 is 0 Å². The molecule has 4 rings (SSSR count). The third kappa shape index (κ3) is 4.21. The first kappa shape index (κ1) is 22.3. The Labute approximate surface area is 191 Å². The molecular weight excluding hydrogens is 446 g/mol. The van der Waals surface area contributed by atoms with Crippen LogP contribution in [0, 0.1) is 12.3 Å². The Morgan fingerprint density at radius 2 is 1.88 bits per heavy atom. The number of carbonyl (C=O) groups is 1. The van der Waals surface area contributed by atoms with Gasteiger partial charge in [0.1, 0.15) is 11.3 Å². The molecular formula is C23H23N3O4S2. The standard InChI is InChI=1S/C23H23N3O4S2/c1-3-14-26-21-19(30-2)8-7-9-20(21)31-23(26)24-22(27)17-10-12-18(13-11-17)32(28,29)25-15-5-4-6-16-25/h1,7-13H,4-6,14-16H2,2H3. The number of nitrogens with zero attached hydrogens (tertiary/aromatic N) is 3. The van der Waals surface area contributed by atoms with Crippen molar-refractivity contribution in [2.75, 3.05) is 20.2 Å². The predicted octanol–water partition coefficient (Wildman–Crippen LogP) is 3.26. The first-order valence-electron chi connectivity index (χ1n) is 10.2. The van der Waals surface area contributed by atoms with Gasteiger partial charge in [0.05, 0.1) is 23.2 Å². The molecule has 1 fully saturated rings. The molecule has 0 unspecified atom stereocenters. The number of piperidine rings is 1. The molecule has 166 valence electrons. The third-order valence-electron chi connectivity index (χ3n) is 5.38. The number of methoxy groups -OCH3 is 1. The maximum atomic E-state index is 12.8. The van der Waals surface area contributed by atoms with Crippen LogP contribution in [-0.4, -0.2) is 43.4 Å². The second-order valence-corrected chi connectivity index (χ2v) is 10.3. The summed E-state index contributed by atoms with van der Waals surface area (Å²) in [6.07, 6.45) is 8.32. The Balaban J connectivity index is 1.68. The zero-order valence-electron chi connectivity index (χ0n) is 17.7. The minimum absolute atomic E-state index is 0.185. The van der Waals surface area contributed by atoms with Crippen LogP contribution in [0.5, 0.6) is 5.75 Å². The highest BCUT2D eigenvalue weighted by molar-refractivity contribution is 7.89. The van der Waals surface area contributed by atoms with Crippen LogP contribution in [0.4, 0.5) is 0 Å². The molecule has 0 aliphatic carbocycles. The molecule has 9 heteroatoms. The van der Waals surface area contributed by atoms with Crippen LogP contribution >= 0.6 is 11.3 Å². The smallest absolute Gasteiger partial charge is 0.279 e. The first-order valence-corrected chi connectivity index (χ1v) is 12.5. The molecule has 0 N–H and O–H groups in total. The summed E-state index contributed by atoms with van der Waals surface area (Å²) in [7, 11) is -1.97. The van der Waals surface area contributed by atoms with Crippen molar-refractivity contribution in [2.45, 2.75) is 30.7 Å². The molecule has 1 aromatic heterocycles. The van der Waals surface area contributed by atoms with E-state index in [0.29, 0.717) is 29.2 Å². The van der Waals surface area contributed by atoms with Gasteiger partial charge in [0, 0.05) is 18.7 Å². The molecule has 2 heterocycles. The molecule has 0 radical (unpaired) electrons. The number of ether oxygens (including phenoxy) is 1. The molecule has 0 bridgehead atoms. The summed E-state index contributed by atoms with van der Waals surface area (Å²) in [4.78, 5) is 17.8. The van der Waals surface area contributed by atoms with Crippen molar-refractivity contribution >= 4 is 37.5 Å². The van der Waals surface area contributed by atoms with Crippen molar-refractivity contribution in [3.63, 3.8) is 0 Å². The van der Waals surface area contributed by atoms with Crippen molar-refractivity contribution in [1.29, 1.82) is 0 Å². The number of rotatable bonds is 5. The fraction of sp³-hybridized carbons (Fsp3) is 0.304. The van der Waals surface area contributed by atoms with E-state index in [4.69, 9.17) is 11.2 Å². The van der Waals surface area contributed by atoms with Gasteiger partial charge in [-0.1, -0.05) is 29.7 Å². The average Bonchev–Trinajstić information content (AvgIpc) is 3.17. The van der Waals surface area contributed by atoms with E-state index in [0.717, 1.165) is 29.5 Å². The number of aromatic nitrogens is 1. The van der Waals surface area contributed by atoms with Gasteiger partial charge in [0.15, 0.2) is 4.80 Å². The van der Waals surface area contributed by atoms with Crippen LogP contribution in [0.2, 0.25) is 0 Å². The summed E-state index contributed by atoms with van der Waals surface area (Å²) in [6, 6.07) is 11.6. The molecule has 1 amide bonds. The Kier molecular flexibility index (Phi) is 6.46. The summed E-state index contributed by atoms with van der Waals surface area (Å²) in [6.45, 7) is 1.30. The van der Waals surface area contributed by atoms with Crippen molar-refractivity contribution < 1.29 is 17.9 Å². The number of terminal acetylenes is 1. The van der Waals surface area contributed by atoms with Gasteiger partial charge in [0.25, 0.3) is 5.91 Å². The number of fused-ring (bicyclic) bond motifs is 1. The molecule has 3 aromatic rings. The van der Waals surface area contributed by atoms with E-state index >= 15 is 0 Å². The molecule has 1 saturated heterocycles. The van der Waals surface area contributed by atoms with E-state index in [9.17, 15) is 13.2 Å². The van der Waals surface area contributed by atoms with Crippen LogP contribution in [0.15, 0.2) is 52.4 Å². The maximum absolute atomic E-state index is 12.8. The van der Waals surface area contributed by atoms with Crippen molar-refractivity contribution in [3.05, 3.63) is 52.8 Å². The molecule has 32 heavy (non-hydrogen) atoms. The van der Waals surface area contributed by atoms with E-state index in [2.05, 4.69) is 10.9 Å². The zero-order valence-corrected chi connectivity index (χ0v) is 19.3. The average molecular weight is 470 g/mol. The number of amides is 1. The normalized spacial score (nSPS) is 15.6. The number of sulfonamides is 1. The van der Waals surface area contributed by atoms with Gasteiger partial charge < -0.3 is 9.30 Å². The zero-order chi connectivity index (χ0) is 22.7. The monoisotopic (exact) mass is 469 g/mol. The fourth-order valence-electron chi connectivity index (χ4n) is 3.76. The van der Waals surface area contributed by atoms with Gasteiger partial charge in [-0.3, -0.25) is 4.79 Å². The number of benzene rings is 2. The lowest BCUT2D eigenvalue weighted by atomic mass is 10.2. The predicted molar refractivity (Wildman–Crippen MR) is 124 cm³/mol. The number of hydrogen-bond donors (Lipinski definition) is 0. The highest BCUT2D eigenvalue weighted by atomic mass is 32.2. The quantitative estimate of drug-likeness (QED) is 0.537. The van der Waals surface area contributed by atoms with E-state index in [1.165, 1.54) is 39.9 Å². The minimum Gasteiger partial charge on any atom is -0.495 e. The van der Waals surface area contributed by atoms with Gasteiger partial charge in [-0.15, -0.1) is 6.42 Å². The molecule has 2 aromatic carbocycles. The number of thiazole rings is 1. The van der Waals surface area contributed by atoms with Crippen LogP contribution in [0.25, 0.3) is 10.2 Å². The number of hydrogen-bond acceptors (Lipinski definition) is 5. The highest BCUT2D eigenvalue weighted by Gasteiger charge is 2.26. The first-order chi connectivity index (χ1) is 15.5. The van der Waals surface area contributed by atoms with Gasteiger partial charge in [-0.2, -0.15) is 9.30 Å². The van der Waals surface area contributed by atoms with Crippen molar-refractivity contribution in [2.24, 2.45) is 4.99 Å². The molecule has 0 saturated carbocycles. The third-order valence-corrected chi connectivity index (χ3v) is 8.34. The molecule has 1 aliphatic heterocycles. The highest BCUT2D eigenvalue weighted by Crippen LogP contribution is 2.27. The van der Waals surface area contributed by atoms with E-state index in [1.54, 1.807) is 11.7 Å². The molecule has 1 aliphatic rings.